The molecular weight excluding hydrogens is 298 g/mol. The van der Waals surface area contributed by atoms with E-state index in [-0.39, 0.29) is 4.79 Å². The van der Waals surface area contributed by atoms with E-state index in [2.05, 4.69) is 0 Å². The Hall–Kier alpha value is 2.10. The molecule has 0 nitrogen and oxygen atoms in total. The van der Waals surface area contributed by atoms with Crippen molar-refractivity contribution in [1.82, 2.24) is 0 Å². The molecule has 0 saturated carbocycles. The van der Waals surface area contributed by atoms with Crippen LogP contribution in [0.4, 0.5) is 0 Å². The summed E-state index contributed by atoms with van der Waals surface area (Å²) in [7, 11) is -4.83. The number of halogens is 5. The number of hydrogen-bond acceptors (Lipinski definition) is 0. The summed E-state index contributed by atoms with van der Waals surface area (Å²) in [5.74, 6) is 0. The van der Waals surface area contributed by atoms with Gasteiger partial charge in [-0.05, 0) is 0 Å². The number of rotatable bonds is 3. The molecule has 0 rings (SSSR count). The van der Waals surface area contributed by atoms with E-state index in [1.165, 1.54) is 0 Å². The average molecular weight is 305 g/mol. The first-order chi connectivity index (χ1) is 4.76. The fraction of sp³-hybridized carbons (Fsp3) is 1.00. The Morgan fingerprint density at radius 2 is 1.27 bits per heavy atom. The summed E-state index contributed by atoms with van der Waals surface area (Å²) in [4.78, 5) is 0.00540. The molecule has 66 valence electrons. The van der Waals surface area contributed by atoms with Crippen molar-refractivity contribution in [2.24, 2.45) is 0 Å². The predicted octanol–water partition coefficient (Wildman–Crippen LogP) is 3.81. The van der Waals surface area contributed by atoms with E-state index in [1.54, 1.807) is 0 Å². The molecule has 0 aromatic rings. The van der Waals surface area contributed by atoms with Gasteiger partial charge in [-0.2, -0.15) is 11.1 Å². The lowest BCUT2D eigenvalue weighted by Gasteiger charge is -2.25. The van der Waals surface area contributed by atoms with Crippen molar-refractivity contribution in [2.75, 3.05) is 0 Å². The molecule has 0 heterocycles. The van der Waals surface area contributed by atoms with Gasteiger partial charge in [0.1, 0.15) is 0 Å². The van der Waals surface area contributed by atoms with Crippen LogP contribution in [0, 0.1) is 0 Å². The molecule has 0 fully saturated rings. The van der Waals surface area contributed by atoms with Gasteiger partial charge in [0, 0.05) is 4.79 Å². The quantitative estimate of drug-likeness (QED) is 0.549. The Bertz CT molecular complexity index is 113. The highest BCUT2D eigenvalue weighted by atomic mass is 35.7. The Kier molecular flexibility index (Phi) is 6.07. The van der Waals surface area contributed by atoms with Crippen LogP contribution in [0.15, 0.2) is 0 Å². The summed E-state index contributed by atoms with van der Waals surface area (Å²) in [6, 6.07) is 0. The highest BCUT2D eigenvalue weighted by molar-refractivity contribution is 7.53. The van der Waals surface area contributed by atoms with E-state index in [0.29, 0.717) is 0 Å². The molecule has 0 N–H and O–H groups in total. The van der Waals surface area contributed by atoms with Gasteiger partial charge in [0.25, 0.3) is 14.8 Å². The van der Waals surface area contributed by atoms with Crippen LogP contribution in [0.25, 0.3) is 0 Å². The van der Waals surface area contributed by atoms with Gasteiger partial charge in [-0.1, -0.05) is 13.1 Å². The molecule has 0 amide bonds. The summed E-state index contributed by atoms with van der Waals surface area (Å²) in [6.45, 7) is 3.92. The summed E-state index contributed by atoms with van der Waals surface area (Å²) in [6.07, 6.45) is 0. The third-order valence-electron chi connectivity index (χ3n) is 1.12. The number of hydrogen-bond donors (Lipinski definition) is 0. The highest BCUT2D eigenvalue weighted by Gasteiger charge is 2.42. The van der Waals surface area contributed by atoms with Crippen molar-refractivity contribution in [1.29, 1.82) is 0 Å². The first kappa shape index (κ1) is 13.1. The van der Waals surface area contributed by atoms with Crippen LogP contribution < -0.4 is 0 Å². The first-order valence-corrected chi connectivity index (χ1v) is 14.1. The van der Waals surface area contributed by atoms with E-state index in [1.807, 2.05) is 13.1 Å². The van der Waals surface area contributed by atoms with E-state index in [0.717, 1.165) is 0 Å². The topological polar surface area (TPSA) is 0 Å². The molecule has 0 spiro atoms. The van der Waals surface area contributed by atoms with Gasteiger partial charge in [0.05, 0.1) is 0 Å². The van der Waals surface area contributed by atoms with Crippen LogP contribution >= 0.6 is 55.4 Å². The lowest BCUT2D eigenvalue weighted by atomic mass is 11.8. The average Bonchev–Trinajstić information content (AvgIpc) is 1.54. The first-order valence-electron chi connectivity index (χ1n) is 2.81. The van der Waals surface area contributed by atoms with Crippen LogP contribution in [-0.4, -0.2) is 22.2 Å². The Labute approximate surface area is 94.8 Å². The van der Waals surface area contributed by atoms with Crippen molar-refractivity contribution in [3.63, 3.8) is 0 Å². The third kappa shape index (κ3) is 4.76. The van der Waals surface area contributed by atoms with Crippen LogP contribution in [-0.2, 0) is 0 Å². The lowest BCUT2D eigenvalue weighted by molar-refractivity contribution is 1.64. The second-order valence-corrected chi connectivity index (χ2v) is 19.3. The maximum atomic E-state index is 6.14. The maximum Gasteiger partial charge on any atom is 0.275 e. The second-order valence-electron chi connectivity index (χ2n) is 2.58. The minimum Gasteiger partial charge on any atom is -0.168 e. The maximum absolute atomic E-state index is 6.14. The zero-order chi connectivity index (χ0) is 9.23. The van der Waals surface area contributed by atoms with E-state index in [9.17, 15) is 0 Å². The molecule has 8 heteroatoms. The van der Waals surface area contributed by atoms with Gasteiger partial charge in [-0.3, -0.25) is 0 Å². The Morgan fingerprint density at radius 1 is 1.00 bits per heavy atom. The standard InChI is InChI=1S/C3H7Cl5Si3/c1-11(2,8)3(9(4)5)10(6)7/h3H,1-2H3. The van der Waals surface area contributed by atoms with Crippen LogP contribution in [0.2, 0.25) is 17.9 Å². The fourth-order valence-corrected chi connectivity index (χ4v) is 25.1. The van der Waals surface area contributed by atoms with Crippen LogP contribution in [0.5, 0.6) is 0 Å². The molecule has 2 radical (unpaired) electrons. The molecule has 0 aliphatic heterocycles. The van der Waals surface area contributed by atoms with Gasteiger partial charge in [-0.15, -0.1) is 44.3 Å². The largest absolute Gasteiger partial charge is 0.275 e. The van der Waals surface area contributed by atoms with Crippen molar-refractivity contribution >= 4 is 77.6 Å². The van der Waals surface area contributed by atoms with E-state index in [4.69, 9.17) is 55.4 Å². The smallest absolute Gasteiger partial charge is 0.168 e. The SMILES string of the molecule is C[Si](C)(Cl)C([Si](Cl)Cl)[Si](Cl)Cl. The van der Waals surface area contributed by atoms with Gasteiger partial charge in [0.15, 0.2) is 7.38 Å². The summed E-state index contributed by atoms with van der Waals surface area (Å²) in [5, 5.41) is 0. The highest BCUT2D eigenvalue weighted by Crippen LogP contribution is 2.36. The summed E-state index contributed by atoms with van der Waals surface area (Å²) in [5.41, 5.74) is 0. The van der Waals surface area contributed by atoms with Crippen LogP contribution in [0.3, 0.4) is 0 Å². The minimum atomic E-state index is -1.88. The zero-order valence-corrected chi connectivity index (χ0v) is 12.7. The van der Waals surface area contributed by atoms with Gasteiger partial charge in [0.2, 0.25) is 0 Å². The van der Waals surface area contributed by atoms with Crippen molar-refractivity contribution in [3.05, 3.63) is 0 Å². The predicted molar refractivity (Wildman–Crippen MR) is 62.0 cm³/mol. The molecule has 0 aromatic heterocycles. The van der Waals surface area contributed by atoms with Crippen molar-refractivity contribution in [2.45, 2.75) is 17.9 Å². The molecule has 0 unspecified atom stereocenters. The van der Waals surface area contributed by atoms with Crippen LogP contribution in [0.1, 0.15) is 0 Å². The molecule has 0 aliphatic rings. The minimum absolute atomic E-state index is 0.00540. The zero-order valence-electron chi connectivity index (χ0n) is 5.97. The molecule has 11 heavy (non-hydrogen) atoms. The Balaban J connectivity index is 4.35. The third-order valence-corrected chi connectivity index (χ3v) is 19.9. The van der Waals surface area contributed by atoms with E-state index >= 15 is 0 Å². The van der Waals surface area contributed by atoms with Crippen molar-refractivity contribution < 1.29 is 0 Å². The van der Waals surface area contributed by atoms with Gasteiger partial charge >= 0.3 is 0 Å². The van der Waals surface area contributed by atoms with Gasteiger partial charge < -0.3 is 0 Å². The van der Waals surface area contributed by atoms with E-state index < -0.39 is 22.2 Å². The fourth-order valence-electron chi connectivity index (χ4n) is 0.601. The molecule has 0 aromatic carbocycles. The molecule has 0 saturated heterocycles. The normalized spacial score (nSPS) is 13.6. The van der Waals surface area contributed by atoms with Crippen molar-refractivity contribution in [3.8, 4) is 0 Å². The molecule has 0 aliphatic carbocycles. The molecule has 0 atom stereocenters. The lowest BCUT2D eigenvalue weighted by Crippen LogP contribution is -2.38. The second kappa shape index (κ2) is 5.10. The van der Waals surface area contributed by atoms with Gasteiger partial charge in [-0.25, -0.2) is 0 Å². The Morgan fingerprint density at radius 3 is 1.27 bits per heavy atom. The summed E-state index contributed by atoms with van der Waals surface area (Å²) >= 11 is 29.3. The monoisotopic (exact) mass is 302 g/mol. The summed E-state index contributed by atoms with van der Waals surface area (Å²) < 4.78 is 0. The molecule has 0 bridgehead atoms. The molecular formula is C3H7Cl5Si3.